The first-order chi connectivity index (χ1) is 7.30. The molecular formula is C9H7BrCl3NO2. The highest BCUT2D eigenvalue weighted by molar-refractivity contribution is 9.10. The van der Waals surface area contributed by atoms with E-state index in [2.05, 4.69) is 21.2 Å². The zero-order valence-corrected chi connectivity index (χ0v) is 11.6. The van der Waals surface area contributed by atoms with Crippen LogP contribution in [0.1, 0.15) is 10.4 Å². The summed E-state index contributed by atoms with van der Waals surface area (Å²) in [6.45, 7) is 0. The van der Waals surface area contributed by atoms with Gasteiger partial charge in [0.25, 0.3) is 5.91 Å². The molecule has 1 amide bonds. The molecule has 2 N–H and O–H groups in total. The zero-order chi connectivity index (χ0) is 12.3. The number of alkyl halides is 3. The quantitative estimate of drug-likeness (QED) is 0.638. The second-order valence-electron chi connectivity index (χ2n) is 2.93. The average molecular weight is 347 g/mol. The van der Waals surface area contributed by atoms with Crippen molar-refractivity contribution in [3.63, 3.8) is 0 Å². The van der Waals surface area contributed by atoms with Gasteiger partial charge in [-0.3, -0.25) is 4.79 Å². The Hall–Kier alpha value is -0.000000000000000167. The second kappa shape index (κ2) is 5.56. The van der Waals surface area contributed by atoms with Gasteiger partial charge in [-0.2, -0.15) is 0 Å². The molecule has 0 aliphatic carbocycles. The number of aliphatic hydroxyl groups excluding tert-OH is 1. The molecule has 3 nitrogen and oxygen atoms in total. The Morgan fingerprint density at radius 3 is 2.56 bits per heavy atom. The third-order valence-corrected chi connectivity index (χ3v) is 2.78. The molecule has 0 unspecified atom stereocenters. The van der Waals surface area contributed by atoms with Gasteiger partial charge in [0, 0.05) is 10.0 Å². The van der Waals surface area contributed by atoms with E-state index < -0.39 is 15.9 Å². The Balaban J connectivity index is 2.74. The molecule has 0 aliphatic heterocycles. The van der Waals surface area contributed by atoms with Gasteiger partial charge in [0.2, 0.25) is 3.79 Å². The molecule has 0 heterocycles. The summed E-state index contributed by atoms with van der Waals surface area (Å²) in [7, 11) is 0. The molecule has 0 saturated carbocycles. The summed E-state index contributed by atoms with van der Waals surface area (Å²) in [6, 6.07) is 6.61. The van der Waals surface area contributed by atoms with E-state index in [9.17, 15) is 9.90 Å². The number of nitrogens with one attached hydrogen (secondary N) is 1. The molecule has 0 aromatic heterocycles. The normalized spacial score (nSPS) is 13.3. The Morgan fingerprint density at radius 1 is 1.44 bits per heavy atom. The monoisotopic (exact) mass is 345 g/mol. The van der Waals surface area contributed by atoms with Crippen LogP contribution in [0.3, 0.4) is 0 Å². The first kappa shape index (κ1) is 14.1. The lowest BCUT2D eigenvalue weighted by Gasteiger charge is -2.19. The van der Waals surface area contributed by atoms with E-state index in [-0.39, 0.29) is 0 Å². The van der Waals surface area contributed by atoms with Crippen molar-refractivity contribution >= 4 is 56.6 Å². The van der Waals surface area contributed by atoms with Crippen LogP contribution in [0.5, 0.6) is 0 Å². The Morgan fingerprint density at radius 2 is 2.06 bits per heavy atom. The van der Waals surface area contributed by atoms with E-state index in [4.69, 9.17) is 34.8 Å². The number of rotatable bonds is 2. The molecule has 1 aromatic rings. The van der Waals surface area contributed by atoms with Crippen molar-refractivity contribution in [2.45, 2.75) is 10.0 Å². The van der Waals surface area contributed by atoms with E-state index in [1.54, 1.807) is 24.3 Å². The van der Waals surface area contributed by atoms with Crippen molar-refractivity contribution in [2.75, 3.05) is 0 Å². The molecule has 88 valence electrons. The first-order valence-electron chi connectivity index (χ1n) is 4.12. The first-order valence-corrected chi connectivity index (χ1v) is 6.04. The van der Waals surface area contributed by atoms with Crippen LogP contribution >= 0.6 is 50.7 Å². The maximum atomic E-state index is 11.6. The van der Waals surface area contributed by atoms with Gasteiger partial charge in [-0.15, -0.1) is 0 Å². The van der Waals surface area contributed by atoms with Gasteiger partial charge in [0.15, 0.2) is 6.23 Å². The second-order valence-corrected chi connectivity index (χ2v) is 6.21. The maximum Gasteiger partial charge on any atom is 0.253 e. The van der Waals surface area contributed by atoms with Crippen LogP contribution in [0.4, 0.5) is 0 Å². The van der Waals surface area contributed by atoms with Gasteiger partial charge in [0.1, 0.15) is 0 Å². The summed E-state index contributed by atoms with van der Waals surface area (Å²) in [5.41, 5.74) is 0.350. The van der Waals surface area contributed by atoms with E-state index in [0.29, 0.717) is 5.56 Å². The molecule has 0 saturated heterocycles. The Labute approximate surface area is 116 Å². The van der Waals surface area contributed by atoms with Crippen LogP contribution in [-0.4, -0.2) is 21.0 Å². The largest absolute Gasteiger partial charge is 0.369 e. The van der Waals surface area contributed by atoms with Crippen LogP contribution in [0, 0.1) is 0 Å². The highest BCUT2D eigenvalue weighted by Gasteiger charge is 2.32. The molecule has 7 heteroatoms. The summed E-state index contributed by atoms with van der Waals surface area (Å²) in [5, 5.41) is 11.5. The summed E-state index contributed by atoms with van der Waals surface area (Å²) in [6.07, 6.45) is -1.57. The zero-order valence-electron chi connectivity index (χ0n) is 7.75. The van der Waals surface area contributed by atoms with E-state index >= 15 is 0 Å². The summed E-state index contributed by atoms with van der Waals surface area (Å²) < 4.78 is -1.22. The fourth-order valence-electron chi connectivity index (χ4n) is 0.919. The number of hydrogen-bond donors (Lipinski definition) is 2. The van der Waals surface area contributed by atoms with Crippen molar-refractivity contribution in [3.05, 3.63) is 34.3 Å². The molecule has 1 rings (SSSR count). The minimum atomic E-state index is -1.96. The molecule has 16 heavy (non-hydrogen) atoms. The average Bonchev–Trinajstić information content (AvgIpc) is 2.16. The summed E-state index contributed by atoms with van der Waals surface area (Å²) >= 11 is 19.4. The van der Waals surface area contributed by atoms with Gasteiger partial charge >= 0.3 is 0 Å². The molecule has 0 aliphatic rings. The van der Waals surface area contributed by atoms with Crippen molar-refractivity contribution in [2.24, 2.45) is 0 Å². The minimum Gasteiger partial charge on any atom is -0.369 e. The SMILES string of the molecule is O=C(N[C@H](O)C(Cl)(Cl)Cl)c1cccc(Br)c1. The van der Waals surface area contributed by atoms with Gasteiger partial charge in [-0.05, 0) is 18.2 Å². The maximum absolute atomic E-state index is 11.6. The van der Waals surface area contributed by atoms with E-state index in [1.165, 1.54) is 0 Å². The number of aliphatic hydroxyl groups is 1. The number of carbonyl (C=O) groups excluding carboxylic acids is 1. The lowest BCUT2D eigenvalue weighted by Crippen LogP contribution is -2.43. The molecule has 0 spiro atoms. The molecule has 0 bridgehead atoms. The molecule has 0 fully saturated rings. The molecular weight excluding hydrogens is 340 g/mol. The predicted molar refractivity (Wildman–Crippen MR) is 67.9 cm³/mol. The molecule has 1 atom stereocenters. The smallest absolute Gasteiger partial charge is 0.253 e. The number of halogens is 4. The number of benzene rings is 1. The summed E-state index contributed by atoms with van der Waals surface area (Å²) in [5.74, 6) is -0.528. The lowest BCUT2D eigenvalue weighted by molar-refractivity contribution is 0.0791. The van der Waals surface area contributed by atoms with Gasteiger partial charge in [-0.25, -0.2) is 0 Å². The number of carbonyl (C=O) groups is 1. The van der Waals surface area contributed by atoms with Gasteiger partial charge < -0.3 is 10.4 Å². The highest BCUT2D eigenvalue weighted by Crippen LogP contribution is 2.29. The predicted octanol–water partition coefficient (Wildman–Crippen LogP) is 2.87. The van der Waals surface area contributed by atoms with Gasteiger partial charge in [0.05, 0.1) is 0 Å². The highest BCUT2D eigenvalue weighted by atomic mass is 79.9. The van der Waals surface area contributed by atoms with Crippen LogP contribution in [0.15, 0.2) is 28.7 Å². The fraction of sp³-hybridized carbons (Fsp3) is 0.222. The minimum absolute atomic E-state index is 0.350. The summed E-state index contributed by atoms with van der Waals surface area (Å²) in [4.78, 5) is 11.6. The number of hydrogen-bond acceptors (Lipinski definition) is 2. The van der Waals surface area contributed by atoms with Gasteiger partial charge in [-0.1, -0.05) is 56.8 Å². The van der Waals surface area contributed by atoms with Crippen LogP contribution in [-0.2, 0) is 0 Å². The standard InChI is InChI=1S/C9H7BrCl3NO2/c10-6-3-1-2-5(4-6)7(15)14-8(16)9(11,12)13/h1-4,8,16H,(H,14,15)/t8-/m1/s1. The van der Waals surface area contributed by atoms with E-state index in [0.717, 1.165) is 4.47 Å². The van der Waals surface area contributed by atoms with E-state index in [1.807, 2.05) is 0 Å². The Bertz CT molecular complexity index is 395. The van der Waals surface area contributed by atoms with Crippen molar-refractivity contribution in [1.29, 1.82) is 0 Å². The Kier molecular flexibility index (Phi) is 4.88. The van der Waals surface area contributed by atoms with Crippen LogP contribution < -0.4 is 5.32 Å². The molecule has 0 radical (unpaired) electrons. The third-order valence-electron chi connectivity index (χ3n) is 1.66. The fourth-order valence-corrected chi connectivity index (χ4v) is 1.48. The third kappa shape index (κ3) is 4.11. The van der Waals surface area contributed by atoms with Crippen molar-refractivity contribution in [3.8, 4) is 0 Å². The lowest BCUT2D eigenvalue weighted by atomic mass is 10.2. The van der Waals surface area contributed by atoms with Crippen molar-refractivity contribution in [1.82, 2.24) is 5.32 Å². The van der Waals surface area contributed by atoms with Crippen LogP contribution in [0.2, 0.25) is 0 Å². The van der Waals surface area contributed by atoms with Crippen molar-refractivity contribution < 1.29 is 9.90 Å². The van der Waals surface area contributed by atoms with Crippen LogP contribution in [0.25, 0.3) is 0 Å². The molecule has 1 aromatic carbocycles. The number of amides is 1. The topological polar surface area (TPSA) is 49.3 Å².